The van der Waals surface area contributed by atoms with E-state index in [9.17, 15) is 9.90 Å². The number of nitrogens with zero attached hydrogens (tertiary/aromatic N) is 1. The summed E-state index contributed by atoms with van der Waals surface area (Å²) in [6.45, 7) is 4.91. The minimum Gasteiger partial charge on any atom is -0.378 e. The maximum atomic E-state index is 12.0. The Balaban J connectivity index is 2.05. The first-order valence-corrected chi connectivity index (χ1v) is 5.92. The van der Waals surface area contributed by atoms with E-state index in [0.29, 0.717) is 18.7 Å². The summed E-state index contributed by atoms with van der Waals surface area (Å²) in [6.07, 6.45) is -1.03. The molecular formula is C13H18N2O2. The molecule has 1 amide bonds. The van der Waals surface area contributed by atoms with Gasteiger partial charge in [0.15, 0.2) is 6.10 Å². The van der Waals surface area contributed by atoms with Gasteiger partial charge >= 0.3 is 0 Å². The van der Waals surface area contributed by atoms with Crippen LogP contribution in [0.4, 0.5) is 0 Å². The van der Waals surface area contributed by atoms with Crippen molar-refractivity contribution in [2.45, 2.75) is 13.0 Å². The van der Waals surface area contributed by atoms with Crippen molar-refractivity contribution in [3.63, 3.8) is 0 Å². The van der Waals surface area contributed by atoms with E-state index < -0.39 is 6.10 Å². The molecule has 1 aliphatic rings. The third-order valence-corrected chi connectivity index (χ3v) is 3.06. The number of aryl methyl sites for hydroxylation is 1. The summed E-state index contributed by atoms with van der Waals surface area (Å²) >= 11 is 0. The van der Waals surface area contributed by atoms with Gasteiger partial charge in [0.05, 0.1) is 0 Å². The van der Waals surface area contributed by atoms with Gasteiger partial charge in [0.25, 0.3) is 5.91 Å². The highest BCUT2D eigenvalue weighted by Gasteiger charge is 2.24. The van der Waals surface area contributed by atoms with Crippen LogP contribution in [0.3, 0.4) is 0 Å². The fourth-order valence-corrected chi connectivity index (χ4v) is 1.95. The van der Waals surface area contributed by atoms with Crippen molar-refractivity contribution in [3.8, 4) is 0 Å². The van der Waals surface area contributed by atoms with Crippen molar-refractivity contribution in [3.05, 3.63) is 35.4 Å². The first-order chi connectivity index (χ1) is 8.18. The maximum Gasteiger partial charge on any atom is 0.256 e. The second kappa shape index (κ2) is 5.29. The molecule has 0 bridgehead atoms. The predicted molar refractivity (Wildman–Crippen MR) is 65.6 cm³/mol. The second-order valence-electron chi connectivity index (χ2n) is 4.39. The molecule has 2 rings (SSSR count). The molecule has 1 heterocycles. The summed E-state index contributed by atoms with van der Waals surface area (Å²) in [5, 5.41) is 13.2. The number of carbonyl (C=O) groups is 1. The highest BCUT2D eigenvalue weighted by molar-refractivity contribution is 5.82. The molecule has 1 aromatic carbocycles. The fourth-order valence-electron chi connectivity index (χ4n) is 1.95. The molecule has 1 fully saturated rings. The number of piperazine rings is 1. The molecule has 1 unspecified atom stereocenters. The van der Waals surface area contributed by atoms with Gasteiger partial charge in [-0.25, -0.2) is 0 Å². The van der Waals surface area contributed by atoms with Crippen molar-refractivity contribution in [1.29, 1.82) is 0 Å². The molecule has 1 saturated heterocycles. The fraction of sp³-hybridized carbons (Fsp3) is 0.462. The van der Waals surface area contributed by atoms with Crippen LogP contribution in [0, 0.1) is 6.92 Å². The van der Waals surface area contributed by atoms with Crippen LogP contribution in [0.1, 0.15) is 17.2 Å². The summed E-state index contributed by atoms with van der Waals surface area (Å²) in [6, 6.07) is 7.42. The molecule has 92 valence electrons. The molecular weight excluding hydrogens is 216 g/mol. The summed E-state index contributed by atoms with van der Waals surface area (Å²) in [4.78, 5) is 13.7. The van der Waals surface area contributed by atoms with Crippen molar-refractivity contribution < 1.29 is 9.90 Å². The Hall–Kier alpha value is -1.39. The lowest BCUT2D eigenvalue weighted by Gasteiger charge is -2.29. The van der Waals surface area contributed by atoms with E-state index in [0.717, 1.165) is 18.7 Å². The Bertz CT molecular complexity index is 383. The Morgan fingerprint density at radius 1 is 1.29 bits per heavy atom. The van der Waals surface area contributed by atoms with Crippen LogP contribution in [0.5, 0.6) is 0 Å². The number of amides is 1. The third-order valence-electron chi connectivity index (χ3n) is 3.06. The van der Waals surface area contributed by atoms with Crippen molar-refractivity contribution >= 4 is 5.91 Å². The molecule has 2 N–H and O–H groups in total. The number of rotatable bonds is 2. The van der Waals surface area contributed by atoms with E-state index >= 15 is 0 Å². The van der Waals surface area contributed by atoms with E-state index in [2.05, 4.69) is 5.32 Å². The number of nitrogens with one attached hydrogen (secondary N) is 1. The van der Waals surface area contributed by atoms with Crippen LogP contribution in [-0.2, 0) is 4.79 Å². The first kappa shape index (κ1) is 12.1. The quantitative estimate of drug-likeness (QED) is 0.781. The lowest BCUT2D eigenvalue weighted by Crippen LogP contribution is -2.48. The van der Waals surface area contributed by atoms with Crippen LogP contribution >= 0.6 is 0 Å². The molecule has 1 atom stereocenters. The van der Waals surface area contributed by atoms with E-state index in [1.54, 1.807) is 17.0 Å². The molecule has 4 nitrogen and oxygen atoms in total. The van der Waals surface area contributed by atoms with Gasteiger partial charge in [-0.05, 0) is 12.5 Å². The van der Waals surface area contributed by atoms with Crippen LogP contribution in [0.15, 0.2) is 24.3 Å². The van der Waals surface area contributed by atoms with Gasteiger partial charge in [-0.1, -0.05) is 29.8 Å². The highest BCUT2D eigenvalue weighted by atomic mass is 16.3. The largest absolute Gasteiger partial charge is 0.378 e. The lowest BCUT2D eigenvalue weighted by molar-refractivity contribution is -0.141. The minimum atomic E-state index is -1.03. The van der Waals surface area contributed by atoms with E-state index in [1.165, 1.54) is 0 Å². The molecule has 0 aliphatic carbocycles. The summed E-state index contributed by atoms with van der Waals surface area (Å²) < 4.78 is 0. The summed E-state index contributed by atoms with van der Waals surface area (Å²) in [5.41, 5.74) is 1.79. The molecule has 1 aromatic rings. The number of carbonyl (C=O) groups excluding carboxylic acids is 1. The van der Waals surface area contributed by atoms with E-state index in [4.69, 9.17) is 0 Å². The van der Waals surface area contributed by atoms with Gasteiger partial charge in [-0.2, -0.15) is 0 Å². The Morgan fingerprint density at radius 2 is 1.88 bits per heavy atom. The molecule has 0 saturated carbocycles. The number of aliphatic hydroxyl groups is 1. The zero-order valence-electron chi connectivity index (χ0n) is 10.0. The highest BCUT2D eigenvalue weighted by Crippen LogP contribution is 2.16. The average Bonchev–Trinajstić information content (AvgIpc) is 2.39. The Kier molecular flexibility index (Phi) is 3.76. The normalized spacial score (nSPS) is 17.9. The number of hydrogen-bond acceptors (Lipinski definition) is 3. The second-order valence-corrected chi connectivity index (χ2v) is 4.39. The first-order valence-electron chi connectivity index (χ1n) is 5.92. The number of aliphatic hydroxyl groups excluding tert-OH is 1. The van der Waals surface area contributed by atoms with Crippen molar-refractivity contribution in [2.75, 3.05) is 26.2 Å². The monoisotopic (exact) mass is 234 g/mol. The summed E-state index contributed by atoms with van der Waals surface area (Å²) in [5.74, 6) is -0.199. The number of hydrogen-bond donors (Lipinski definition) is 2. The minimum absolute atomic E-state index is 0.199. The van der Waals surface area contributed by atoms with Crippen LogP contribution in [0.25, 0.3) is 0 Å². The lowest BCUT2D eigenvalue weighted by atomic mass is 10.1. The Morgan fingerprint density at radius 3 is 2.47 bits per heavy atom. The van der Waals surface area contributed by atoms with E-state index in [-0.39, 0.29) is 5.91 Å². The zero-order chi connectivity index (χ0) is 12.3. The SMILES string of the molecule is Cc1ccc(C(O)C(=O)N2CCNCC2)cc1. The molecule has 17 heavy (non-hydrogen) atoms. The van der Waals surface area contributed by atoms with Gasteiger partial charge in [-0.15, -0.1) is 0 Å². The molecule has 0 aromatic heterocycles. The predicted octanol–water partition coefficient (Wildman–Crippen LogP) is 0.460. The molecule has 0 radical (unpaired) electrons. The Labute approximate surface area is 101 Å². The van der Waals surface area contributed by atoms with Crippen molar-refractivity contribution in [1.82, 2.24) is 10.2 Å². The van der Waals surface area contributed by atoms with Crippen molar-refractivity contribution in [2.24, 2.45) is 0 Å². The molecule has 0 spiro atoms. The standard InChI is InChI=1S/C13H18N2O2/c1-10-2-4-11(5-3-10)12(16)13(17)15-8-6-14-7-9-15/h2-5,12,14,16H,6-9H2,1H3. The van der Waals surface area contributed by atoms with Gasteiger partial charge in [0, 0.05) is 26.2 Å². The number of benzene rings is 1. The van der Waals surface area contributed by atoms with Gasteiger partial charge in [0.1, 0.15) is 0 Å². The van der Waals surface area contributed by atoms with E-state index in [1.807, 2.05) is 19.1 Å². The van der Waals surface area contributed by atoms with Crippen LogP contribution in [0.2, 0.25) is 0 Å². The van der Waals surface area contributed by atoms with Gasteiger partial charge in [0.2, 0.25) is 0 Å². The average molecular weight is 234 g/mol. The third kappa shape index (κ3) is 2.84. The summed E-state index contributed by atoms with van der Waals surface area (Å²) in [7, 11) is 0. The smallest absolute Gasteiger partial charge is 0.256 e. The van der Waals surface area contributed by atoms with Gasteiger partial charge < -0.3 is 15.3 Å². The van der Waals surface area contributed by atoms with Crippen LogP contribution in [-0.4, -0.2) is 42.1 Å². The molecule has 1 aliphatic heterocycles. The zero-order valence-corrected chi connectivity index (χ0v) is 10.0. The molecule has 4 heteroatoms. The van der Waals surface area contributed by atoms with Gasteiger partial charge in [-0.3, -0.25) is 4.79 Å². The maximum absolute atomic E-state index is 12.0. The topological polar surface area (TPSA) is 52.6 Å². The van der Waals surface area contributed by atoms with Crippen LogP contribution < -0.4 is 5.32 Å².